The second kappa shape index (κ2) is 4.32. The molecule has 0 bridgehead atoms. The van der Waals surface area contributed by atoms with E-state index in [4.69, 9.17) is 5.11 Å². The van der Waals surface area contributed by atoms with E-state index in [1.165, 1.54) is 11.3 Å². The minimum absolute atomic E-state index is 0.0851. The summed E-state index contributed by atoms with van der Waals surface area (Å²) in [6.45, 7) is 0. The van der Waals surface area contributed by atoms with Crippen LogP contribution in [-0.4, -0.2) is 21.2 Å². The van der Waals surface area contributed by atoms with E-state index in [2.05, 4.69) is 4.98 Å². The lowest BCUT2D eigenvalue weighted by Crippen LogP contribution is -1.99. The second-order valence-corrected chi connectivity index (χ2v) is 4.16. The number of rotatable bonds is 3. The van der Waals surface area contributed by atoms with Gasteiger partial charge in [-0.05, 0) is 12.1 Å². The van der Waals surface area contributed by atoms with Crippen molar-refractivity contribution in [3.05, 3.63) is 34.7 Å². The molecule has 0 fully saturated rings. The molecule has 2 aromatic rings. The number of hydrogen-bond acceptors (Lipinski definition) is 4. The number of aliphatic carboxylic acids is 1. The predicted octanol–water partition coefficient (Wildman–Crippen LogP) is 2.14. The van der Waals surface area contributed by atoms with E-state index in [-0.39, 0.29) is 12.2 Å². The Hall–Kier alpha value is -1.88. The molecule has 16 heavy (non-hydrogen) atoms. The van der Waals surface area contributed by atoms with Crippen LogP contribution in [0.5, 0.6) is 5.75 Å². The van der Waals surface area contributed by atoms with Crippen LogP contribution in [0.1, 0.15) is 5.01 Å². The van der Waals surface area contributed by atoms with Crippen molar-refractivity contribution in [3.8, 4) is 17.0 Å². The lowest BCUT2D eigenvalue weighted by Gasteiger charge is -1.99. The van der Waals surface area contributed by atoms with E-state index in [1.807, 2.05) is 0 Å². The zero-order valence-corrected chi connectivity index (χ0v) is 9.07. The summed E-state index contributed by atoms with van der Waals surface area (Å²) in [7, 11) is 0. The monoisotopic (exact) mass is 235 g/mol. The van der Waals surface area contributed by atoms with Crippen molar-refractivity contribution in [1.29, 1.82) is 0 Å². The molecule has 1 aromatic heterocycles. The maximum absolute atomic E-state index is 10.5. The largest absolute Gasteiger partial charge is 0.507 e. The van der Waals surface area contributed by atoms with Gasteiger partial charge < -0.3 is 10.2 Å². The number of nitrogens with zero attached hydrogens (tertiary/aromatic N) is 1. The number of aromatic hydroxyl groups is 1. The molecule has 0 saturated carbocycles. The fraction of sp³-hybridized carbons (Fsp3) is 0.0909. The lowest BCUT2D eigenvalue weighted by atomic mass is 10.1. The molecule has 1 aromatic carbocycles. The Bertz CT molecular complexity index is 521. The molecule has 0 aliphatic carbocycles. The highest BCUT2D eigenvalue weighted by Gasteiger charge is 2.10. The van der Waals surface area contributed by atoms with Crippen LogP contribution in [0.15, 0.2) is 29.6 Å². The molecule has 0 saturated heterocycles. The molecule has 0 amide bonds. The number of carboxylic acids is 1. The van der Waals surface area contributed by atoms with Crippen molar-refractivity contribution in [1.82, 2.24) is 4.98 Å². The summed E-state index contributed by atoms with van der Waals surface area (Å²) in [6.07, 6.45) is -0.0851. The number of carbonyl (C=O) groups is 1. The molecule has 1 heterocycles. The molecular weight excluding hydrogens is 226 g/mol. The first-order valence-corrected chi connectivity index (χ1v) is 5.49. The van der Waals surface area contributed by atoms with Gasteiger partial charge in [0, 0.05) is 10.9 Å². The van der Waals surface area contributed by atoms with E-state index in [9.17, 15) is 9.90 Å². The Morgan fingerprint density at radius 2 is 2.12 bits per heavy atom. The molecule has 2 rings (SSSR count). The van der Waals surface area contributed by atoms with Crippen LogP contribution in [0.4, 0.5) is 0 Å². The average molecular weight is 235 g/mol. The average Bonchev–Trinajstić information content (AvgIpc) is 2.66. The van der Waals surface area contributed by atoms with Crippen LogP contribution in [0.25, 0.3) is 11.3 Å². The lowest BCUT2D eigenvalue weighted by molar-refractivity contribution is -0.136. The Morgan fingerprint density at radius 3 is 2.81 bits per heavy atom. The van der Waals surface area contributed by atoms with Crippen molar-refractivity contribution in [2.75, 3.05) is 0 Å². The van der Waals surface area contributed by atoms with Gasteiger partial charge in [-0.25, -0.2) is 4.98 Å². The second-order valence-electron chi connectivity index (χ2n) is 3.21. The van der Waals surface area contributed by atoms with Crippen molar-refractivity contribution < 1.29 is 15.0 Å². The number of hydrogen-bond donors (Lipinski definition) is 2. The molecule has 0 aliphatic rings. The summed E-state index contributed by atoms with van der Waals surface area (Å²) in [6, 6.07) is 6.84. The first-order valence-electron chi connectivity index (χ1n) is 4.61. The van der Waals surface area contributed by atoms with Gasteiger partial charge in [-0.2, -0.15) is 0 Å². The Balaban J connectivity index is 2.32. The third-order valence-electron chi connectivity index (χ3n) is 2.03. The van der Waals surface area contributed by atoms with E-state index < -0.39 is 5.97 Å². The molecule has 0 unspecified atom stereocenters. The summed E-state index contributed by atoms with van der Waals surface area (Å²) >= 11 is 1.28. The standard InChI is InChI=1S/C11H9NO3S/c13-9-4-2-1-3-7(9)8-6-16-10(12-8)5-11(14)15/h1-4,6,13H,5H2,(H,14,15). The number of thiazole rings is 1. The molecule has 82 valence electrons. The quantitative estimate of drug-likeness (QED) is 0.855. The molecule has 0 atom stereocenters. The van der Waals surface area contributed by atoms with Gasteiger partial charge >= 0.3 is 5.97 Å². The maximum Gasteiger partial charge on any atom is 0.310 e. The minimum atomic E-state index is -0.904. The Kier molecular flexibility index (Phi) is 2.87. The van der Waals surface area contributed by atoms with Gasteiger partial charge in [-0.15, -0.1) is 11.3 Å². The highest BCUT2D eigenvalue weighted by Crippen LogP contribution is 2.29. The number of aromatic nitrogens is 1. The molecular formula is C11H9NO3S. The topological polar surface area (TPSA) is 70.4 Å². The molecule has 0 aliphatic heterocycles. The first-order chi connectivity index (χ1) is 7.66. The van der Waals surface area contributed by atoms with Crippen LogP contribution < -0.4 is 0 Å². The van der Waals surface area contributed by atoms with Gasteiger partial charge in [0.15, 0.2) is 0 Å². The molecule has 0 spiro atoms. The normalized spacial score (nSPS) is 10.2. The van der Waals surface area contributed by atoms with Gasteiger partial charge in [0.25, 0.3) is 0 Å². The van der Waals surface area contributed by atoms with Crippen LogP contribution in [0, 0.1) is 0 Å². The van der Waals surface area contributed by atoms with Gasteiger partial charge in [0.2, 0.25) is 0 Å². The summed E-state index contributed by atoms with van der Waals surface area (Å²) in [5, 5.41) is 20.5. The van der Waals surface area contributed by atoms with Gasteiger partial charge in [0.1, 0.15) is 10.8 Å². The van der Waals surface area contributed by atoms with E-state index in [0.717, 1.165) is 0 Å². The highest BCUT2D eigenvalue weighted by atomic mass is 32.1. The molecule has 4 nitrogen and oxygen atoms in total. The van der Waals surface area contributed by atoms with Crippen molar-refractivity contribution in [3.63, 3.8) is 0 Å². The Labute approximate surface area is 95.8 Å². The van der Waals surface area contributed by atoms with Gasteiger partial charge in [-0.1, -0.05) is 12.1 Å². The van der Waals surface area contributed by atoms with Crippen LogP contribution >= 0.6 is 11.3 Å². The summed E-state index contributed by atoms with van der Waals surface area (Å²) < 4.78 is 0. The number of carboxylic acid groups (broad SMARTS) is 1. The third kappa shape index (κ3) is 2.20. The van der Waals surface area contributed by atoms with Crippen LogP contribution in [0.2, 0.25) is 0 Å². The number of phenols is 1. The van der Waals surface area contributed by atoms with Crippen molar-refractivity contribution in [2.24, 2.45) is 0 Å². The van der Waals surface area contributed by atoms with Gasteiger partial charge in [-0.3, -0.25) is 4.79 Å². The smallest absolute Gasteiger partial charge is 0.310 e. The SMILES string of the molecule is O=C(O)Cc1nc(-c2ccccc2O)cs1. The fourth-order valence-corrected chi connectivity index (χ4v) is 2.12. The predicted molar refractivity (Wildman–Crippen MR) is 60.6 cm³/mol. The summed E-state index contributed by atoms with van der Waals surface area (Å²) in [5.41, 5.74) is 1.23. The number of phenolic OH excluding ortho intramolecular Hbond substituents is 1. The van der Waals surface area contributed by atoms with Crippen molar-refractivity contribution >= 4 is 17.3 Å². The molecule has 5 heteroatoms. The van der Waals surface area contributed by atoms with Crippen LogP contribution in [0.3, 0.4) is 0 Å². The Morgan fingerprint density at radius 1 is 1.38 bits per heavy atom. The summed E-state index contributed by atoms with van der Waals surface area (Å²) in [5.74, 6) is -0.757. The van der Waals surface area contributed by atoms with Crippen molar-refractivity contribution in [2.45, 2.75) is 6.42 Å². The number of benzene rings is 1. The number of para-hydroxylation sites is 1. The minimum Gasteiger partial charge on any atom is -0.507 e. The first kappa shape index (κ1) is 10.6. The third-order valence-corrected chi connectivity index (χ3v) is 2.88. The molecule has 0 radical (unpaired) electrons. The van der Waals surface area contributed by atoms with Gasteiger partial charge in [0.05, 0.1) is 12.1 Å². The van der Waals surface area contributed by atoms with E-state index in [0.29, 0.717) is 16.3 Å². The zero-order chi connectivity index (χ0) is 11.5. The summed E-state index contributed by atoms with van der Waals surface area (Å²) in [4.78, 5) is 14.7. The molecule has 2 N–H and O–H groups in total. The fourth-order valence-electron chi connectivity index (χ4n) is 1.34. The highest BCUT2D eigenvalue weighted by molar-refractivity contribution is 7.10. The van der Waals surface area contributed by atoms with Crippen LogP contribution in [-0.2, 0) is 11.2 Å². The zero-order valence-electron chi connectivity index (χ0n) is 8.25. The maximum atomic E-state index is 10.5. The van der Waals surface area contributed by atoms with E-state index in [1.54, 1.807) is 29.6 Å². The van der Waals surface area contributed by atoms with E-state index >= 15 is 0 Å².